The molecule has 0 fully saturated rings. The third kappa shape index (κ3) is 4.66. The van der Waals surface area contributed by atoms with Gasteiger partial charge in [-0.15, -0.1) is 0 Å². The molecule has 2 amide bonds. The van der Waals surface area contributed by atoms with Crippen molar-refractivity contribution in [3.63, 3.8) is 0 Å². The summed E-state index contributed by atoms with van der Waals surface area (Å²) in [6.45, 7) is 3.49. The first-order chi connectivity index (χ1) is 11.0. The van der Waals surface area contributed by atoms with Gasteiger partial charge in [-0.2, -0.15) is 0 Å². The highest BCUT2D eigenvalue weighted by atomic mass is 79.9. The molecule has 1 N–H and O–H groups in total. The highest BCUT2D eigenvalue weighted by molar-refractivity contribution is 9.10. The average Bonchev–Trinajstić information content (AvgIpc) is 2.54. The predicted molar refractivity (Wildman–Crippen MR) is 96.6 cm³/mol. The first-order valence-electron chi connectivity index (χ1n) is 7.42. The molecular formula is C18H19BrN2O2. The number of halogens is 1. The van der Waals surface area contributed by atoms with Gasteiger partial charge in [-0.1, -0.05) is 41.1 Å². The second-order valence-corrected chi connectivity index (χ2v) is 6.06. The molecule has 0 aliphatic rings. The van der Waals surface area contributed by atoms with E-state index in [2.05, 4.69) is 21.2 Å². The van der Waals surface area contributed by atoms with E-state index in [1.54, 1.807) is 12.1 Å². The van der Waals surface area contributed by atoms with Crippen LogP contribution in [0.2, 0.25) is 0 Å². The average molecular weight is 375 g/mol. The number of carbonyl (C=O) groups is 2. The van der Waals surface area contributed by atoms with Crippen molar-refractivity contribution >= 4 is 39.1 Å². The summed E-state index contributed by atoms with van der Waals surface area (Å²) in [5.41, 5.74) is 2.53. The number of amides is 2. The molecule has 2 aromatic rings. The molecule has 4 nitrogen and oxygen atoms in total. The standard InChI is InChI=1S/C18H19BrN2O2/c1-3-14-6-4-5-7-17(14)21(13(2)22)12-18(23)20-16-10-8-15(19)9-11-16/h4-11H,3,12H2,1-2H3,(H,20,23). The molecule has 0 spiro atoms. The molecule has 0 unspecified atom stereocenters. The first kappa shape index (κ1) is 17.2. The fraction of sp³-hybridized carbons (Fsp3) is 0.222. The third-order valence-electron chi connectivity index (χ3n) is 3.47. The van der Waals surface area contributed by atoms with E-state index >= 15 is 0 Å². The van der Waals surface area contributed by atoms with Gasteiger partial charge in [-0.3, -0.25) is 9.59 Å². The number of carbonyl (C=O) groups excluding carboxylic acids is 2. The summed E-state index contributed by atoms with van der Waals surface area (Å²) in [7, 11) is 0. The number of hydrogen-bond acceptors (Lipinski definition) is 2. The van der Waals surface area contributed by atoms with Gasteiger partial charge in [0.25, 0.3) is 0 Å². The lowest BCUT2D eigenvalue weighted by molar-refractivity contribution is -0.120. The van der Waals surface area contributed by atoms with E-state index in [9.17, 15) is 9.59 Å². The maximum absolute atomic E-state index is 12.3. The molecule has 0 heterocycles. The SMILES string of the molecule is CCc1ccccc1N(CC(=O)Nc1ccc(Br)cc1)C(C)=O. The zero-order valence-electron chi connectivity index (χ0n) is 13.2. The predicted octanol–water partition coefficient (Wildman–Crippen LogP) is 4.00. The number of aryl methyl sites for hydroxylation is 1. The Labute approximate surface area is 144 Å². The number of rotatable bonds is 5. The van der Waals surface area contributed by atoms with Crippen molar-refractivity contribution in [2.24, 2.45) is 0 Å². The van der Waals surface area contributed by atoms with Crippen LogP contribution in [0.1, 0.15) is 19.4 Å². The minimum atomic E-state index is -0.228. The Hall–Kier alpha value is -2.14. The second kappa shape index (κ2) is 7.92. The molecule has 23 heavy (non-hydrogen) atoms. The van der Waals surface area contributed by atoms with Crippen LogP contribution in [0, 0.1) is 0 Å². The molecule has 120 valence electrons. The van der Waals surface area contributed by atoms with E-state index < -0.39 is 0 Å². The highest BCUT2D eigenvalue weighted by Crippen LogP contribution is 2.21. The largest absolute Gasteiger partial charge is 0.325 e. The normalized spacial score (nSPS) is 10.2. The van der Waals surface area contributed by atoms with Gasteiger partial charge < -0.3 is 10.2 Å². The Morgan fingerprint density at radius 3 is 2.35 bits per heavy atom. The summed E-state index contributed by atoms with van der Waals surface area (Å²) >= 11 is 3.35. The van der Waals surface area contributed by atoms with Crippen molar-refractivity contribution in [1.29, 1.82) is 0 Å². The number of para-hydroxylation sites is 1. The van der Waals surface area contributed by atoms with Crippen LogP contribution in [-0.2, 0) is 16.0 Å². The zero-order chi connectivity index (χ0) is 16.8. The molecule has 5 heteroatoms. The first-order valence-corrected chi connectivity index (χ1v) is 8.22. The lowest BCUT2D eigenvalue weighted by Gasteiger charge is -2.23. The topological polar surface area (TPSA) is 49.4 Å². The monoisotopic (exact) mass is 374 g/mol. The maximum Gasteiger partial charge on any atom is 0.244 e. The van der Waals surface area contributed by atoms with Crippen molar-refractivity contribution in [1.82, 2.24) is 0 Å². The van der Waals surface area contributed by atoms with Crippen LogP contribution in [0.25, 0.3) is 0 Å². The Morgan fingerprint density at radius 2 is 1.74 bits per heavy atom. The summed E-state index contributed by atoms with van der Waals surface area (Å²) in [6, 6.07) is 15.0. The fourth-order valence-corrected chi connectivity index (χ4v) is 2.58. The minimum Gasteiger partial charge on any atom is -0.325 e. The molecular weight excluding hydrogens is 356 g/mol. The summed E-state index contributed by atoms with van der Waals surface area (Å²) in [5.74, 6) is -0.384. The second-order valence-electron chi connectivity index (χ2n) is 5.14. The van der Waals surface area contributed by atoms with E-state index in [1.165, 1.54) is 11.8 Å². The zero-order valence-corrected chi connectivity index (χ0v) is 14.8. The van der Waals surface area contributed by atoms with Gasteiger partial charge in [0, 0.05) is 22.8 Å². The smallest absolute Gasteiger partial charge is 0.244 e. The van der Waals surface area contributed by atoms with Crippen LogP contribution in [-0.4, -0.2) is 18.4 Å². The molecule has 0 saturated heterocycles. The molecule has 0 saturated carbocycles. The van der Waals surface area contributed by atoms with E-state index in [0.29, 0.717) is 5.69 Å². The van der Waals surface area contributed by atoms with Gasteiger partial charge in [0.1, 0.15) is 6.54 Å². The summed E-state index contributed by atoms with van der Waals surface area (Å²) in [6.07, 6.45) is 0.800. The van der Waals surface area contributed by atoms with Gasteiger partial charge in [-0.25, -0.2) is 0 Å². The van der Waals surface area contributed by atoms with E-state index in [-0.39, 0.29) is 18.4 Å². The van der Waals surface area contributed by atoms with Gasteiger partial charge in [0.15, 0.2) is 0 Å². The van der Waals surface area contributed by atoms with E-state index in [0.717, 1.165) is 22.1 Å². The molecule has 0 radical (unpaired) electrons. The number of hydrogen-bond donors (Lipinski definition) is 1. The van der Waals surface area contributed by atoms with Crippen molar-refractivity contribution in [3.8, 4) is 0 Å². The van der Waals surface area contributed by atoms with Crippen molar-refractivity contribution in [2.75, 3.05) is 16.8 Å². The van der Waals surface area contributed by atoms with Crippen LogP contribution >= 0.6 is 15.9 Å². The molecule has 2 aromatic carbocycles. The van der Waals surface area contributed by atoms with Gasteiger partial charge in [-0.05, 0) is 42.3 Å². The third-order valence-corrected chi connectivity index (χ3v) is 4.00. The Kier molecular flexibility index (Phi) is 5.93. The van der Waals surface area contributed by atoms with Gasteiger partial charge in [0.2, 0.25) is 11.8 Å². The van der Waals surface area contributed by atoms with Gasteiger partial charge >= 0.3 is 0 Å². The molecule has 0 aliphatic carbocycles. The number of nitrogens with zero attached hydrogens (tertiary/aromatic N) is 1. The summed E-state index contributed by atoms with van der Waals surface area (Å²) in [4.78, 5) is 25.8. The maximum atomic E-state index is 12.3. The molecule has 0 bridgehead atoms. The van der Waals surface area contributed by atoms with E-state index in [1.807, 2.05) is 43.3 Å². The molecule has 2 rings (SSSR count). The Bertz CT molecular complexity index is 698. The fourth-order valence-electron chi connectivity index (χ4n) is 2.32. The number of benzene rings is 2. The highest BCUT2D eigenvalue weighted by Gasteiger charge is 2.18. The number of nitrogens with one attached hydrogen (secondary N) is 1. The van der Waals surface area contributed by atoms with Crippen LogP contribution in [0.5, 0.6) is 0 Å². The van der Waals surface area contributed by atoms with Crippen LogP contribution in [0.15, 0.2) is 53.0 Å². The van der Waals surface area contributed by atoms with Crippen molar-refractivity contribution in [2.45, 2.75) is 20.3 Å². The van der Waals surface area contributed by atoms with Crippen LogP contribution < -0.4 is 10.2 Å². The van der Waals surface area contributed by atoms with Crippen molar-refractivity contribution < 1.29 is 9.59 Å². The Balaban J connectivity index is 2.14. The lowest BCUT2D eigenvalue weighted by atomic mass is 10.1. The summed E-state index contributed by atoms with van der Waals surface area (Å²) < 4.78 is 0.942. The molecule has 0 aliphatic heterocycles. The number of anilines is 2. The van der Waals surface area contributed by atoms with E-state index in [4.69, 9.17) is 0 Å². The minimum absolute atomic E-state index is 0.0115. The summed E-state index contributed by atoms with van der Waals surface area (Å²) in [5, 5.41) is 2.81. The quantitative estimate of drug-likeness (QED) is 0.859. The molecule has 0 atom stereocenters. The lowest BCUT2D eigenvalue weighted by Crippen LogP contribution is -2.37. The van der Waals surface area contributed by atoms with Gasteiger partial charge in [0.05, 0.1) is 0 Å². The Morgan fingerprint density at radius 1 is 1.09 bits per heavy atom. The molecule has 0 aromatic heterocycles. The van der Waals surface area contributed by atoms with Crippen molar-refractivity contribution in [3.05, 3.63) is 58.6 Å². The van der Waals surface area contributed by atoms with Crippen LogP contribution in [0.4, 0.5) is 11.4 Å². The van der Waals surface area contributed by atoms with Crippen LogP contribution in [0.3, 0.4) is 0 Å².